The molecule has 4 nitrogen and oxygen atoms in total. The summed E-state index contributed by atoms with van der Waals surface area (Å²) in [5, 5.41) is 6.21. The summed E-state index contributed by atoms with van der Waals surface area (Å²) in [5.74, 6) is 0.681. The Morgan fingerprint density at radius 3 is 2.58 bits per heavy atom. The molecule has 5 heteroatoms. The van der Waals surface area contributed by atoms with E-state index in [2.05, 4.69) is 36.5 Å². The van der Waals surface area contributed by atoms with Gasteiger partial charge in [0.2, 0.25) is 0 Å². The number of thiazole rings is 1. The van der Waals surface area contributed by atoms with Crippen molar-refractivity contribution in [1.82, 2.24) is 4.98 Å². The van der Waals surface area contributed by atoms with Gasteiger partial charge in [-0.15, -0.1) is 11.3 Å². The Kier molecular flexibility index (Phi) is 3.66. The van der Waals surface area contributed by atoms with Gasteiger partial charge >= 0.3 is 0 Å². The maximum atomic E-state index is 5.88. The highest BCUT2D eigenvalue weighted by molar-refractivity contribution is 7.13. The summed E-state index contributed by atoms with van der Waals surface area (Å²) in [5.41, 5.74) is 8.55. The van der Waals surface area contributed by atoms with Crippen molar-refractivity contribution >= 4 is 27.8 Å². The lowest BCUT2D eigenvalue weighted by atomic mass is 9.93. The first kappa shape index (κ1) is 13.7. The topological polar surface area (TPSA) is 60.2 Å². The Balaban J connectivity index is 2.17. The molecule has 3 N–H and O–H groups in total. The summed E-state index contributed by atoms with van der Waals surface area (Å²) in [6.07, 6.45) is 0. The zero-order valence-electron chi connectivity index (χ0n) is 11.7. The van der Waals surface area contributed by atoms with Crippen LogP contribution in [0.25, 0.3) is 0 Å². The molecule has 0 aliphatic carbocycles. The first-order valence-electron chi connectivity index (χ1n) is 6.06. The van der Waals surface area contributed by atoms with Gasteiger partial charge in [-0.1, -0.05) is 20.8 Å². The second-order valence-corrected chi connectivity index (χ2v) is 6.23. The van der Waals surface area contributed by atoms with Gasteiger partial charge in [0.15, 0.2) is 5.13 Å². The van der Waals surface area contributed by atoms with Crippen molar-refractivity contribution in [3.8, 4) is 5.75 Å². The van der Waals surface area contributed by atoms with E-state index in [0.29, 0.717) is 11.4 Å². The van der Waals surface area contributed by atoms with Crippen LogP contribution >= 0.6 is 11.3 Å². The monoisotopic (exact) mass is 277 g/mol. The highest BCUT2D eigenvalue weighted by atomic mass is 32.1. The molecule has 0 aliphatic rings. The van der Waals surface area contributed by atoms with Crippen molar-refractivity contribution < 1.29 is 4.74 Å². The van der Waals surface area contributed by atoms with E-state index in [1.54, 1.807) is 18.4 Å². The van der Waals surface area contributed by atoms with Crippen molar-refractivity contribution in [1.29, 1.82) is 0 Å². The molecule has 19 heavy (non-hydrogen) atoms. The molecule has 0 spiro atoms. The minimum absolute atomic E-state index is 0.0648. The number of anilines is 3. The summed E-state index contributed by atoms with van der Waals surface area (Å²) in [7, 11) is 1.61. The molecule has 2 aromatic rings. The van der Waals surface area contributed by atoms with Crippen LogP contribution < -0.4 is 15.8 Å². The first-order valence-corrected chi connectivity index (χ1v) is 6.94. The Morgan fingerprint density at radius 2 is 2.05 bits per heavy atom. The van der Waals surface area contributed by atoms with E-state index in [1.807, 2.05) is 18.2 Å². The molecule has 1 aromatic carbocycles. The van der Waals surface area contributed by atoms with Crippen LogP contribution in [0.5, 0.6) is 5.75 Å². The van der Waals surface area contributed by atoms with Crippen LogP contribution in [-0.4, -0.2) is 12.1 Å². The standard InChI is InChI=1S/C14H19N3OS/c1-14(2,3)12-8-19-13(17-12)16-9-5-6-11(18-4)10(15)7-9/h5-8H,15H2,1-4H3,(H,16,17). The lowest BCUT2D eigenvalue weighted by molar-refractivity contribution is 0.417. The lowest BCUT2D eigenvalue weighted by Gasteiger charge is -2.14. The van der Waals surface area contributed by atoms with E-state index in [4.69, 9.17) is 10.5 Å². The molecule has 1 heterocycles. The van der Waals surface area contributed by atoms with Crippen LogP contribution in [-0.2, 0) is 5.41 Å². The molecule has 0 radical (unpaired) electrons. The molecule has 0 unspecified atom stereocenters. The smallest absolute Gasteiger partial charge is 0.187 e. The van der Waals surface area contributed by atoms with Gasteiger partial charge in [0.25, 0.3) is 0 Å². The van der Waals surface area contributed by atoms with Crippen molar-refractivity contribution in [3.05, 3.63) is 29.3 Å². The van der Waals surface area contributed by atoms with E-state index in [9.17, 15) is 0 Å². The normalized spacial score (nSPS) is 11.4. The number of methoxy groups -OCH3 is 1. The number of rotatable bonds is 3. The van der Waals surface area contributed by atoms with Gasteiger partial charge in [0.05, 0.1) is 18.5 Å². The minimum Gasteiger partial charge on any atom is -0.495 e. The number of hydrogen-bond donors (Lipinski definition) is 2. The van der Waals surface area contributed by atoms with E-state index in [-0.39, 0.29) is 5.41 Å². The number of aromatic nitrogens is 1. The van der Waals surface area contributed by atoms with Crippen LogP contribution in [0.3, 0.4) is 0 Å². The third kappa shape index (κ3) is 3.17. The number of nitrogen functional groups attached to an aromatic ring is 1. The van der Waals surface area contributed by atoms with Crippen molar-refractivity contribution in [2.24, 2.45) is 0 Å². The van der Waals surface area contributed by atoms with Gasteiger partial charge in [-0.05, 0) is 18.2 Å². The van der Waals surface area contributed by atoms with Crippen LogP contribution in [0.2, 0.25) is 0 Å². The molecular weight excluding hydrogens is 258 g/mol. The number of nitrogens with two attached hydrogens (primary N) is 1. The highest BCUT2D eigenvalue weighted by Gasteiger charge is 2.17. The Hall–Kier alpha value is -1.75. The summed E-state index contributed by atoms with van der Waals surface area (Å²) in [6, 6.07) is 5.61. The Labute approximate surface area is 117 Å². The van der Waals surface area contributed by atoms with Crippen molar-refractivity contribution in [2.45, 2.75) is 26.2 Å². The average Bonchev–Trinajstić information content (AvgIpc) is 2.77. The Bertz CT molecular complexity index is 572. The Morgan fingerprint density at radius 1 is 1.32 bits per heavy atom. The molecule has 2 rings (SSSR count). The molecule has 0 saturated heterocycles. The van der Waals surface area contributed by atoms with Gasteiger partial charge in [-0.3, -0.25) is 0 Å². The van der Waals surface area contributed by atoms with Crippen LogP contribution in [0.4, 0.5) is 16.5 Å². The number of nitrogens with one attached hydrogen (secondary N) is 1. The third-order valence-electron chi connectivity index (χ3n) is 2.75. The molecule has 0 fully saturated rings. The van der Waals surface area contributed by atoms with Gasteiger partial charge in [-0.25, -0.2) is 4.98 Å². The van der Waals surface area contributed by atoms with Crippen molar-refractivity contribution in [2.75, 3.05) is 18.2 Å². The lowest BCUT2D eigenvalue weighted by Crippen LogP contribution is -2.11. The van der Waals surface area contributed by atoms with E-state index >= 15 is 0 Å². The maximum absolute atomic E-state index is 5.88. The zero-order valence-corrected chi connectivity index (χ0v) is 12.5. The van der Waals surface area contributed by atoms with E-state index in [1.165, 1.54) is 0 Å². The number of benzene rings is 1. The number of ether oxygens (including phenoxy) is 1. The number of nitrogens with zero attached hydrogens (tertiary/aromatic N) is 1. The van der Waals surface area contributed by atoms with Crippen LogP contribution in [0, 0.1) is 0 Å². The molecular formula is C14H19N3OS. The average molecular weight is 277 g/mol. The van der Waals surface area contributed by atoms with Crippen LogP contribution in [0.15, 0.2) is 23.6 Å². The highest BCUT2D eigenvalue weighted by Crippen LogP contribution is 2.30. The molecule has 0 aliphatic heterocycles. The molecule has 102 valence electrons. The predicted molar refractivity (Wildman–Crippen MR) is 81.5 cm³/mol. The summed E-state index contributed by atoms with van der Waals surface area (Å²) < 4.78 is 5.13. The van der Waals surface area contributed by atoms with E-state index in [0.717, 1.165) is 16.5 Å². The SMILES string of the molecule is COc1ccc(Nc2nc(C(C)(C)C)cs2)cc1N. The third-order valence-corrected chi connectivity index (χ3v) is 3.51. The molecule has 0 bridgehead atoms. The molecule has 0 amide bonds. The van der Waals surface area contributed by atoms with Gasteiger partial charge < -0.3 is 15.8 Å². The van der Waals surface area contributed by atoms with E-state index < -0.39 is 0 Å². The molecule has 0 saturated carbocycles. The summed E-state index contributed by atoms with van der Waals surface area (Å²) >= 11 is 1.59. The van der Waals surface area contributed by atoms with Crippen molar-refractivity contribution in [3.63, 3.8) is 0 Å². The maximum Gasteiger partial charge on any atom is 0.187 e. The number of hydrogen-bond acceptors (Lipinski definition) is 5. The largest absolute Gasteiger partial charge is 0.495 e. The predicted octanol–water partition coefficient (Wildman–Crippen LogP) is 3.78. The fourth-order valence-corrected chi connectivity index (χ4v) is 2.57. The fourth-order valence-electron chi connectivity index (χ4n) is 1.61. The second-order valence-electron chi connectivity index (χ2n) is 5.37. The quantitative estimate of drug-likeness (QED) is 0.838. The van der Waals surface area contributed by atoms with Gasteiger partial charge in [-0.2, -0.15) is 0 Å². The second kappa shape index (κ2) is 5.09. The summed E-state index contributed by atoms with van der Waals surface area (Å²) in [6.45, 7) is 6.45. The van der Waals surface area contributed by atoms with Crippen LogP contribution in [0.1, 0.15) is 26.5 Å². The molecule has 0 atom stereocenters. The summed E-state index contributed by atoms with van der Waals surface area (Å²) in [4.78, 5) is 4.58. The molecule has 1 aromatic heterocycles. The van der Waals surface area contributed by atoms with Gasteiger partial charge in [0, 0.05) is 16.5 Å². The minimum atomic E-state index is 0.0648. The fraction of sp³-hybridized carbons (Fsp3) is 0.357. The zero-order chi connectivity index (χ0) is 14.0. The van der Waals surface area contributed by atoms with Gasteiger partial charge in [0.1, 0.15) is 5.75 Å². The first-order chi connectivity index (χ1) is 8.90.